The third kappa shape index (κ3) is 16.7. The molecule has 0 unspecified atom stereocenters. The molecule has 0 atom stereocenters. The first-order chi connectivity index (χ1) is 2.56. The zero-order valence-electron chi connectivity index (χ0n) is 5.15. The maximum Gasteiger partial charge on any atom is 0.0751 e. The molecule has 0 rings (SSSR count). The van der Waals surface area contributed by atoms with E-state index >= 15 is 0 Å². The summed E-state index contributed by atoms with van der Waals surface area (Å²) in [4.78, 5) is 0. The van der Waals surface area contributed by atoms with Crippen LogP contribution >= 0.6 is 0 Å². The van der Waals surface area contributed by atoms with Crippen LogP contribution in [-0.2, 0) is 0 Å². The summed E-state index contributed by atoms with van der Waals surface area (Å²) in [5.41, 5.74) is 0. The molecular formula is C7H22N+. The average molecular weight is 120 g/mol. The number of hydrogen-bond acceptors (Lipinski definition) is 0. The predicted molar refractivity (Wildman–Crippen MR) is 42.0 cm³/mol. The number of hydrogen-bond donors (Lipinski definition) is 0. The first kappa shape index (κ1) is 15.7. The molecule has 0 bridgehead atoms. The van der Waals surface area contributed by atoms with Gasteiger partial charge in [-0.2, -0.15) is 0 Å². The van der Waals surface area contributed by atoms with Gasteiger partial charge in [0.2, 0.25) is 0 Å². The zero-order valence-corrected chi connectivity index (χ0v) is 5.15. The van der Waals surface area contributed by atoms with E-state index in [1.54, 1.807) is 0 Å². The summed E-state index contributed by atoms with van der Waals surface area (Å²) in [6.45, 7) is 3.39. The summed E-state index contributed by atoms with van der Waals surface area (Å²) in [5, 5.41) is 0. The van der Waals surface area contributed by atoms with E-state index in [0.29, 0.717) is 0 Å². The first-order valence-electron chi connectivity index (χ1n) is 2.36. The summed E-state index contributed by atoms with van der Waals surface area (Å²) < 4.78 is 1.07. The number of nitrogens with zero attached hydrogens (tertiary/aromatic N) is 1. The van der Waals surface area contributed by atoms with Gasteiger partial charge in [0, 0.05) is 0 Å². The quantitative estimate of drug-likeness (QED) is 0.464. The first-order valence-corrected chi connectivity index (χ1v) is 2.36. The molecule has 0 aliphatic heterocycles. The topological polar surface area (TPSA) is 0 Å². The Balaban J connectivity index is -0.000000125. The molecular weight excluding hydrogens is 98.1 g/mol. The summed E-state index contributed by atoms with van der Waals surface area (Å²) in [6, 6.07) is 0. The Hall–Kier alpha value is -0.0400. The summed E-state index contributed by atoms with van der Waals surface area (Å²) >= 11 is 0. The highest BCUT2D eigenvalue weighted by Crippen LogP contribution is 1.83. The molecule has 0 saturated carbocycles. The second-order valence-corrected chi connectivity index (χ2v) is 2.61. The molecule has 0 N–H and O–H groups in total. The highest BCUT2D eigenvalue weighted by Gasteiger charge is 1.97. The molecule has 0 aliphatic rings. The van der Waals surface area contributed by atoms with E-state index in [1.165, 1.54) is 6.54 Å². The minimum Gasteiger partial charge on any atom is -0.331 e. The van der Waals surface area contributed by atoms with Crippen LogP contribution in [0.1, 0.15) is 21.8 Å². The lowest BCUT2D eigenvalue weighted by Gasteiger charge is -2.20. The van der Waals surface area contributed by atoms with E-state index in [2.05, 4.69) is 28.1 Å². The lowest BCUT2D eigenvalue weighted by atomic mass is 10.6. The molecule has 0 aromatic carbocycles. The molecule has 54 valence electrons. The lowest BCUT2D eigenvalue weighted by Crippen LogP contribution is -2.33. The van der Waals surface area contributed by atoms with Gasteiger partial charge < -0.3 is 4.48 Å². The van der Waals surface area contributed by atoms with Crippen molar-refractivity contribution in [2.75, 3.05) is 27.7 Å². The highest BCUT2D eigenvalue weighted by atomic mass is 15.3. The minimum atomic E-state index is 0. The van der Waals surface area contributed by atoms with Crippen molar-refractivity contribution in [2.24, 2.45) is 0 Å². The van der Waals surface area contributed by atoms with Crippen molar-refractivity contribution in [3.8, 4) is 0 Å². The van der Waals surface area contributed by atoms with Crippen LogP contribution in [-0.4, -0.2) is 32.2 Å². The Morgan fingerprint density at radius 1 is 1.00 bits per heavy atom. The van der Waals surface area contributed by atoms with E-state index in [4.69, 9.17) is 0 Å². The van der Waals surface area contributed by atoms with Gasteiger partial charge in [0.15, 0.2) is 0 Å². The van der Waals surface area contributed by atoms with Crippen molar-refractivity contribution in [3.05, 3.63) is 0 Å². The Morgan fingerprint density at radius 3 is 1.12 bits per heavy atom. The molecule has 0 aromatic heterocycles. The van der Waals surface area contributed by atoms with Gasteiger partial charge in [-0.15, -0.1) is 0 Å². The monoisotopic (exact) mass is 120 g/mol. The maximum atomic E-state index is 2.18. The molecule has 0 saturated heterocycles. The average Bonchev–Trinajstić information content (AvgIpc) is 1.35. The molecule has 0 amide bonds. The summed E-state index contributed by atoms with van der Waals surface area (Å²) in [7, 11) is 6.54. The van der Waals surface area contributed by atoms with Gasteiger partial charge in [-0.25, -0.2) is 0 Å². The number of quaternary nitrogens is 1. The van der Waals surface area contributed by atoms with Crippen molar-refractivity contribution < 1.29 is 4.48 Å². The maximum absolute atomic E-state index is 2.18. The van der Waals surface area contributed by atoms with Crippen LogP contribution in [0.4, 0.5) is 0 Å². The fraction of sp³-hybridized carbons (Fsp3) is 1.00. The molecule has 0 spiro atoms. The zero-order chi connectivity index (χ0) is 5.21. The predicted octanol–water partition coefficient (Wildman–Crippen LogP) is 1.98. The Labute approximate surface area is 54.9 Å². The lowest BCUT2D eigenvalue weighted by molar-refractivity contribution is -0.868. The van der Waals surface area contributed by atoms with Gasteiger partial charge in [0.25, 0.3) is 0 Å². The molecule has 1 nitrogen and oxygen atoms in total. The normalized spacial score (nSPS) is 9.00. The molecule has 1 heteroatoms. The Morgan fingerprint density at radius 2 is 1.12 bits per heavy atom. The largest absolute Gasteiger partial charge is 0.331 e. The van der Waals surface area contributed by atoms with Crippen molar-refractivity contribution in [1.29, 1.82) is 0 Å². The van der Waals surface area contributed by atoms with Crippen LogP contribution in [0, 0.1) is 0 Å². The Bertz CT molecular complexity index is 34.1. The highest BCUT2D eigenvalue weighted by molar-refractivity contribution is 4.06. The van der Waals surface area contributed by atoms with Gasteiger partial charge in [0.05, 0.1) is 27.7 Å². The molecule has 0 fully saturated rings. The van der Waals surface area contributed by atoms with Gasteiger partial charge in [-0.05, 0) is 6.92 Å². The van der Waals surface area contributed by atoms with E-state index in [0.717, 1.165) is 4.48 Å². The fourth-order valence-electron chi connectivity index (χ4n) is 0. The third-order valence-corrected chi connectivity index (χ3v) is 0.949. The Kier molecular flexibility index (Phi) is 10.00. The standard InChI is InChI=1S/C5H14N.2CH4/c1-5-6(2,3)4;;/h5H2,1-4H3;2*1H4/q+1;;. The molecule has 0 aliphatic carbocycles. The fourth-order valence-corrected chi connectivity index (χ4v) is 0. The van der Waals surface area contributed by atoms with Crippen LogP contribution in [0.5, 0.6) is 0 Å². The van der Waals surface area contributed by atoms with E-state index in [1.807, 2.05) is 0 Å². The van der Waals surface area contributed by atoms with Crippen LogP contribution in [0.25, 0.3) is 0 Å². The van der Waals surface area contributed by atoms with E-state index in [-0.39, 0.29) is 14.9 Å². The van der Waals surface area contributed by atoms with Crippen LogP contribution in [0.15, 0.2) is 0 Å². The summed E-state index contributed by atoms with van der Waals surface area (Å²) in [5.74, 6) is 0. The second kappa shape index (κ2) is 5.10. The third-order valence-electron chi connectivity index (χ3n) is 0.949. The van der Waals surface area contributed by atoms with Gasteiger partial charge in [-0.1, -0.05) is 14.9 Å². The van der Waals surface area contributed by atoms with Gasteiger partial charge in [0.1, 0.15) is 0 Å². The molecule has 0 heterocycles. The van der Waals surface area contributed by atoms with Crippen molar-refractivity contribution in [1.82, 2.24) is 0 Å². The SMILES string of the molecule is C.C.CC[N+](C)(C)C. The van der Waals surface area contributed by atoms with Crippen molar-refractivity contribution >= 4 is 0 Å². The van der Waals surface area contributed by atoms with Crippen molar-refractivity contribution in [3.63, 3.8) is 0 Å². The summed E-state index contributed by atoms with van der Waals surface area (Å²) in [6.07, 6.45) is 0. The molecule has 0 radical (unpaired) electrons. The van der Waals surface area contributed by atoms with Gasteiger partial charge in [-0.3, -0.25) is 0 Å². The smallest absolute Gasteiger partial charge is 0.0751 e. The van der Waals surface area contributed by atoms with E-state index < -0.39 is 0 Å². The van der Waals surface area contributed by atoms with E-state index in [9.17, 15) is 0 Å². The minimum absolute atomic E-state index is 0. The van der Waals surface area contributed by atoms with Crippen molar-refractivity contribution in [2.45, 2.75) is 21.8 Å². The molecule has 8 heavy (non-hydrogen) atoms. The van der Waals surface area contributed by atoms with Gasteiger partial charge >= 0.3 is 0 Å². The second-order valence-electron chi connectivity index (χ2n) is 2.61. The van der Waals surface area contributed by atoms with Crippen LogP contribution in [0.3, 0.4) is 0 Å². The van der Waals surface area contributed by atoms with Crippen LogP contribution in [0.2, 0.25) is 0 Å². The molecule has 0 aromatic rings. The van der Waals surface area contributed by atoms with Crippen LogP contribution < -0.4 is 0 Å². The number of rotatable bonds is 1.